The number of aromatic nitrogens is 1. The number of rotatable bonds is 2. The molecule has 1 aliphatic heterocycles. The second kappa shape index (κ2) is 7.61. The van der Waals surface area contributed by atoms with E-state index in [0.29, 0.717) is 12.1 Å². The Morgan fingerprint density at radius 2 is 1.81 bits per heavy atom. The quantitative estimate of drug-likeness (QED) is 0.756. The largest absolute Gasteiger partial charge is 0.490 e. The number of carboxylic acid groups (broad SMARTS) is 1. The fourth-order valence-corrected chi connectivity index (χ4v) is 2.94. The van der Waals surface area contributed by atoms with Crippen molar-refractivity contribution < 1.29 is 27.9 Å². The fraction of sp³-hybridized carbons (Fsp3) is 0.294. The highest BCUT2D eigenvalue weighted by Gasteiger charge is 2.38. The Labute approximate surface area is 147 Å². The monoisotopic (exact) mass is 369 g/mol. The van der Waals surface area contributed by atoms with Crippen LogP contribution in [0.3, 0.4) is 0 Å². The predicted molar refractivity (Wildman–Crippen MR) is 88.1 cm³/mol. The van der Waals surface area contributed by atoms with Crippen LogP contribution in [0.4, 0.5) is 13.2 Å². The van der Waals surface area contributed by atoms with E-state index in [4.69, 9.17) is 15.6 Å². The van der Waals surface area contributed by atoms with Crippen molar-refractivity contribution >= 4 is 11.9 Å². The van der Waals surface area contributed by atoms with Gasteiger partial charge in [-0.05, 0) is 19.1 Å². The van der Waals surface area contributed by atoms with Crippen LogP contribution >= 0.6 is 0 Å². The molecule has 9 heteroatoms. The van der Waals surface area contributed by atoms with Crippen molar-refractivity contribution in [1.29, 1.82) is 0 Å². The summed E-state index contributed by atoms with van der Waals surface area (Å²) in [7, 11) is 0. The Hall–Kier alpha value is -2.81. The molecule has 2 heterocycles. The summed E-state index contributed by atoms with van der Waals surface area (Å²) in [5, 5.41) is 10.4. The lowest BCUT2D eigenvalue weighted by Gasteiger charge is -2.17. The summed E-state index contributed by atoms with van der Waals surface area (Å²) >= 11 is 0. The summed E-state index contributed by atoms with van der Waals surface area (Å²) in [5.41, 5.74) is 10.5. The maximum atomic E-state index is 11.7. The highest BCUT2D eigenvalue weighted by atomic mass is 19.4. The van der Waals surface area contributed by atoms with Crippen molar-refractivity contribution in [3.05, 3.63) is 52.8 Å². The average Bonchev–Trinajstić information content (AvgIpc) is 2.87. The topological polar surface area (TPSA) is 97.4 Å². The summed E-state index contributed by atoms with van der Waals surface area (Å²) in [6.07, 6.45) is -4.17. The molecule has 140 valence electrons. The molecule has 0 aliphatic carbocycles. The van der Waals surface area contributed by atoms with E-state index in [2.05, 4.69) is 22.0 Å². The first-order valence-corrected chi connectivity index (χ1v) is 7.73. The van der Waals surface area contributed by atoms with Gasteiger partial charge in [0.25, 0.3) is 5.91 Å². The fourth-order valence-electron chi connectivity index (χ4n) is 2.94. The molecule has 1 aliphatic rings. The van der Waals surface area contributed by atoms with Crippen LogP contribution in [0.2, 0.25) is 0 Å². The van der Waals surface area contributed by atoms with Crippen molar-refractivity contribution in [1.82, 2.24) is 9.88 Å². The molecule has 0 unspecified atom stereocenters. The van der Waals surface area contributed by atoms with Crippen LogP contribution in [-0.2, 0) is 17.8 Å². The molecule has 1 aromatic carbocycles. The number of benzene rings is 1. The van der Waals surface area contributed by atoms with Gasteiger partial charge in [-0.3, -0.25) is 4.79 Å². The minimum Gasteiger partial charge on any atom is -0.475 e. The van der Waals surface area contributed by atoms with E-state index in [0.717, 1.165) is 29.9 Å². The van der Waals surface area contributed by atoms with Crippen LogP contribution in [-0.4, -0.2) is 34.3 Å². The van der Waals surface area contributed by atoms with Crippen molar-refractivity contribution in [2.75, 3.05) is 6.54 Å². The molecule has 0 fully saturated rings. The molecule has 6 nitrogen and oxygen atoms in total. The maximum absolute atomic E-state index is 11.7. The lowest BCUT2D eigenvalue weighted by Crippen LogP contribution is -2.26. The van der Waals surface area contributed by atoms with Crippen LogP contribution in [0.25, 0.3) is 5.69 Å². The summed E-state index contributed by atoms with van der Waals surface area (Å²) in [6, 6.07) is 10.1. The number of carboxylic acids is 1. The van der Waals surface area contributed by atoms with Gasteiger partial charge in [0.05, 0.1) is 5.56 Å². The number of para-hydroxylation sites is 1. The molecule has 0 saturated heterocycles. The number of carbonyl (C=O) groups excluding carboxylic acids is 1. The van der Waals surface area contributed by atoms with Crippen LogP contribution in [0.1, 0.15) is 27.3 Å². The number of hydrogen-bond donors (Lipinski definition) is 3. The van der Waals surface area contributed by atoms with E-state index < -0.39 is 12.1 Å². The molecular formula is C17H18F3N3O3. The second-order valence-corrected chi connectivity index (χ2v) is 5.65. The Balaban J connectivity index is 0.000000298. The molecular weight excluding hydrogens is 351 g/mol. The predicted octanol–water partition coefficient (Wildman–Crippen LogP) is 2.16. The van der Waals surface area contributed by atoms with E-state index in [1.54, 1.807) is 0 Å². The van der Waals surface area contributed by atoms with Gasteiger partial charge in [-0.15, -0.1) is 0 Å². The standard InChI is InChI=1S/C15H17N3O.C2HF3O2/c1-10-14(15(16)19)12-9-17-8-7-13(12)18(10)11-5-3-2-4-6-11;3-2(4,5)1(6)7/h2-6,17H,7-9H2,1H3,(H2,16,19);(H,6,7). The number of alkyl halides is 3. The first-order valence-electron chi connectivity index (χ1n) is 7.73. The Kier molecular flexibility index (Phi) is 5.71. The molecule has 0 spiro atoms. The first kappa shape index (κ1) is 19.5. The van der Waals surface area contributed by atoms with Crippen molar-refractivity contribution in [3.63, 3.8) is 0 Å². The third-order valence-electron chi connectivity index (χ3n) is 3.96. The number of primary amides is 1. The highest BCUT2D eigenvalue weighted by Crippen LogP contribution is 2.28. The number of aliphatic carboxylic acids is 1. The zero-order valence-corrected chi connectivity index (χ0v) is 13.9. The minimum atomic E-state index is -5.08. The van der Waals surface area contributed by atoms with Crippen LogP contribution in [0.5, 0.6) is 0 Å². The van der Waals surface area contributed by atoms with E-state index in [9.17, 15) is 18.0 Å². The van der Waals surface area contributed by atoms with Gasteiger partial charge in [-0.25, -0.2) is 4.79 Å². The number of nitrogens with zero attached hydrogens (tertiary/aromatic N) is 1. The SMILES string of the molecule is Cc1c(C(N)=O)c2c(n1-c1ccccc1)CCNC2.O=C(O)C(F)(F)F. The Bertz CT molecular complexity index is 814. The van der Waals surface area contributed by atoms with Gasteiger partial charge >= 0.3 is 12.1 Å². The van der Waals surface area contributed by atoms with Gasteiger partial charge in [-0.2, -0.15) is 13.2 Å². The van der Waals surface area contributed by atoms with Gasteiger partial charge in [0.15, 0.2) is 0 Å². The first-order chi connectivity index (χ1) is 12.1. The number of nitrogens with one attached hydrogen (secondary N) is 1. The maximum Gasteiger partial charge on any atom is 0.490 e. The molecule has 2 aromatic rings. The lowest BCUT2D eigenvalue weighted by molar-refractivity contribution is -0.192. The van der Waals surface area contributed by atoms with Crippen molar-refractivity contribution in [2.45, 2.75) is 26.1 Å². The number of carbonyl (C=O) groups is 2. The molecule has 26 heavy (non-hydrogen) atoms. The average molecular weight is 369 g/mol. The van der Waals surface area contributed by atoms with Crippen molar-refractivity contribution in [2.24, 2.45) is 5.73 Å². The molecule has 4 N–H and O–H groups in total. The zero-order valence-electron chi connectivity index (χ0n) is 13.9. The van der Waals surface area contributed by atoms with E-state index in [-0.39, 0.29) is 5.91 Å². The van der Waals surface area contributed by atoms with Crippen LogP contribution in [0.15, 0.2) is 30.3 Å². The number of amides is 1. The van der Waals surface area contributed by atoms with E-state index in [1.165, 1.54) is 5.69 Å². The molecule has 0 atom stereocenters. The molecule has 0 radical (unpaired) electrons. The molecule has 3 rings (SSSR count). The Morgan fingerprint density at radius 1 is 1.23 bits per heavy atom. The summed E-state index contributed by atoms with van der Waals surface area (Å²) in [4.78, 5) is 20.6. The van der Waals surface area contributed by atoms with Crippen molar-refractivity contribution in [3.8, 4) is 5.69 Å². The third-order valence-corrected chi connectivity index (χ3v) is 3.96. The van der Waals surface area contributed by atoms with Crippen LogP contribution in [0, 0.1) is 6.92 Å². The summed E-state index contributed by atoms with van der Waals surface area (Å²) in [5.74, 6) is -3.10. The summed E-state index contributed by atoms with van der Waals surface area (Å²) < 4.78 is 33.9. The van der Waals surface area contributed by atoms with E-state index in [1.807, 2.05) is 25.1 Å². The van der Waals surface area contributed by atoms with Gasteiger partial charge in [0, 0.05) is 42.1 Å². The van der Waals surface area contributed by atoms with Gasteiger partial charge < -0.3 is 20.7 Å². The number of hydrogen-bond acceptors (Lipinski definition) is 3. The lowest BCUT2D eigenvalue weighted by atomic mass is 10.0. The summed E-state index contributed by atoms with van der Waals surface area (Å²) in [6.45, 7) is 3.61. The minimum absolute atomic E-state index is 0.341. The number of halogens is 3. The molecule has 1 aromatic heterocycles. The molecule has 0 bridgehead atoms. The molecule has 1 amide bonds. The van der Waals surface area contributed by atoms with E-state index >= 15 is 0 Å². The smallest absolute Gasteiger partial charge is 0.475 e. The van der Waals surface area contributed by atoms with Gasteiger partial charge in [0.2, 0.25) is 0 Å². The second-order valence-electron chi connectivity index (χ2n) is 5.65. The zero-order chi connectivity index (χ0) is 19.5. The molecule has 0 saturated carbocycles. The third kappa shape index (κ3) is 4.05. The number of fused-ring (bicyclic) bond motifs is 1. The number of nitrogens with two attached hydrogens (primary N) is 1. The van der Waals surface area contributed by atoms with Gasteiger partial charge in [0.1, 0.15) is 0 Å². The normalized spacial score (nSPS) is 13.4. The Morgan fingerprint density at radius 3 is 2.31 bits per heavy atom. The highest BCUT2D eigenvalue weighted by molar-refractivity contribution is 5.96. The van der Waals surface area contributed by atoms with Crippen LogP contribution < -0.4 is 11.1 Å². The van der Waals surface area contributed by atoms with Gasteiger partial charge in [-0.1, -0.05) is 18.2 Å².